The van der Waals surface area contributed by atoms with Crippen molar-refractivity contribution in [2.45, 2.75) is 19.4 Å². The first-order chi connectivity index (χ1) is 12.5. The number of H-pyrrole nitrogens is 1. The highest BCUT2D eigenvalue weighted by molar-refractivity contribution is 6.30. The molecule has 1 aromatic heterocycles. The maximum absolute atomic E-state index is 12.0. The number of aromatic nitrogens is 1. The quantitative estimate of drug-likeness (QED) is 0.648. The van der Waals surface area contributed by atoms with Gasteiger partial charge in [-0.25, -0.2) is 0 Å². The number of nitrogens with one attached hydrogen (secondary N) is 2. The third-order valence-electron chi connectivity index (χ3n) is 4.12. The van der Waals surface area contributed by atoms with Crippen molar-refractivity contribution in [1.29, 1.82) is 0 Å². The Bertz CT molecular complexity index is 918. The molecule has 3 aromatic rings. The molecule has 1 amide bonds. The number of para-hydroxylation sites is 1. The van der Waals surface area contributed by atoms with Crippen LogP contribution in [0.15, 0.2) is 54.7 Å². The Labute approximate surface area is 156 Å². The number of fused-ring (bicyclic) bond motifs is 1. The molecule has 0 aliphatic rings. The van der Waals surface area contributed by atoms with Crippen LogP contribution in [0.4, 0.5) is 0 Å². The number of ether oxygens (including phenoxy) is 1. The van der Waals surface area contributed by atoms with Crippen molar-refractivity contribution in [3.63, 3.8) is 0 Å². The summed E-state index contributed by atoms with van der Waals surface area (Å²) >= 11 is 5.85. The summed E-state index contributed by atoms with van der Waals surface area (Å²) in [5.74, 6) is -0.788. The molecule has 0 saturated heterocycles. The molecule has 0 saturated carbocycles. The molecular weight excluding hydrogens is 352 g/mol. The van der Waals surface area contributed by atoms with Crippen LogP contribution in [0.3, 0.4) is 0 Å². The first-order valence-electron chi connectivity index (χ1n) is 8.28. The zero-order chi connectivity index (χ0) is 18.5. The van der Waals surface area contributed by atoms with Gasteiger partial charge < -0.3 is 15.0 Å². The van der Waals surface area contributed by atoms with Gasteiger partial charge in [0.15, 0.2) is 6.61 Å². The van der Waals surface area contributed by atoms with Gasteiger partial charge in [-0.2, -0.15) is 0 Å². The van der Waals surface area contributed by atoms with E-state index in [0.29, 0.717) is 5.02 Å². The fourth-order valence-electron chi connectivity index (χ4n) is 2.75. The predicted molar refractivity (Wildman–Crippen MR) is 101 cm³/mol. The number of aromatic amines is 1. The van der Waals surface area contributed by atoms with Gasteiger partial charge in [0, 0.05) is 22.1 Å². The van der Waals surface area contributed by atoms with E-state index in [0.717, 1.165) is 22.0 Å². The number of rotatable bonds is 6. The summed E-state index contributed by atoms with van der Waals surface area (Å²) in [7, 11) is 0. The van der Waals surface area contributed by atoms with Crippen LogP contribution < -0.4 is 5.32 Å². The topological polar surface area (TPSA) is 71.2 Å². The second-order valence-corrected chi connectivity index (χ2v) is 6.47. The van der Waals surface area contributed by atoms with Gasteiger partial charge >= 0.3 is 5.97 Å². The van der Waals surface area contributed by atoms with Gasteiger partial charge in [0.25, 0.3) is 5.91 Å². The summed E-state index contributed by atoms with van der Waals surface area (Å²) in [6.07, 6.45) is 1.90. The summed E-state index contributed by atoms with van der Waals surface area (Å²) < 4.78 is 5.10. The van der Waals surface area contributed by atoms with Crippen LogP contribution in [-0.4, -0.2) is 23.5 Å². The summed E-state index contributed by atoms with van der Waals surface area (Å²) in [4.78, 5) is 27.1. The van der Waals surface area contributed by atoms with Crippen molar-refractivity contribution >= 4 is 34.4 Å². The molecule has 2 N–H and O–H groups in total. The van der Waals surface area contributed by atoms with Crippen LogP contribution in [0, 0.1) is 0 Å². The van der Waals surface area contributed by atoms with Gasteiger partial charge in [-0.3, -0.25) is 9.59 Å². The fraction of sp³-hybridized carbons (Fsp3) is 0.200. The van der Waals surface area contributed by atoms with Gasteiger partial charge in [0.2, 0.25) is 0 Å². The molecule has 1 heterocycles. The molecule has 0 radical (unpaired) electrons. The Morgan fingerprint density at radius 2 is 1.88 bits per heavy atom. The minimum Gasteiger partial charge on any atom is -0.455 e. The molecule has 6 heteroatoms. The molecular formula is C20H19ClN2O3. The fourth-order valence-corrected chi connectivity index (χ4v) is 2.87. The van der Waals surface area contributed by atoms with E-state index in [-0.39, 0.29) is 25.0 Å². The van der Waals surface area contributed by atoms with Crippen molar-refractivity contribution in [1.82, 2.24) is 10.3 Å². The van der Waals surface area contributed by atoms with E-state index >= 15 is 0 Å². The van der Waals surface area contributed by atoms with Crippen LogP contribution in [0.5, 0.6) is 0 Å². The molecule has 2 aromatic carbocycles. The molecule has 0 spiro atoms. The van der Waals surface area contributed by atoms with Crippen molar-refractivity contribution in [3.05, 3.63) is 70.9 Å². The SMILES string of the molecule is C[C@H](NC(=O)COC(=O)Cc1c[nH]c2ccccc12)c1ccc(Cl)cc1. The first-order valence-corrected chi connectivity index (χ1v) is 8.66. The minimum absolute atomic E-state index is 0.115. The Balaban J connectivity index is 1.49. The lowest BCUT2D eigenvalue weighted by molar-refractivity contribution is -0.148. The molecule has 3 rings (SSSR count). The van der Waals surface area contributed by atoms with Gasteiger partial charge in [0.1, 0.15) is 0 Å². The van der Waals surface area contributed by atoms with Crippen molar-refractivity contribution in [3.8, 4) is 0 Å². The number of carbonyl (C=O) groups excluding carboxylic acids is 2. The van der Waals surface area contributed by atoms with E-state index in [1.165, 1.54) is 0 Å². The average Bonchev–Trinajstić information content (AvgIpc) is 3.03. The van der Waals surface area contributed by atoms with Gasteiger partial charge in [-0.05, 0) is 36.2 Å². The number of halogens is 1. The molecule has 134 valence electrons. The van der Waals surface area contributed by atoms with Crippen LogP contribution >= 0.6 is 11.6 Å². The summed E-state index contributed by atoms with van der Waals surface area (Å²) in [6, 6.07) is 14.7. The third-order valence-corrected chi connectivity index (χ3v) is 4.37. The standard InChI is InChI=1S/C20H19ClN2O3/c1-13(14-6-8-16(21)9-7-14)23-19(24)12-26-20(25)10-15-11-22-18-5-3-2-4-17(15)18/h2-9,11,13,22H,10,12H2,1H3,(H,23,24)/t13-/m0/s1. The van der Waals surface area contributed by atoms with Crippen LogP contribution in [0.1, 0.15) is 24.1 Å². The Morgan fingerprint density at radius 1 is 1.15 bits per heavy atom. The summed E-state index contributed by atoms with van der Waals surface area (Å²) in [5, 5.41) is 4.41. The second kappa shape index (κ2) is 8.06. The third kappa shape index (κ3) is 4.43. The summed E-state index contributed by atoms with van der Waals surface area (Å²) in [5.41, 5.74) is 2.73. The number of hydrogen-bond acceptors (Lipinski definition) is 3. The van der Waals surface area contributed by atoms with Crippen molar-refractivity contribution < 1.29 is 14.3 Å². The average molecular weight is 371 g/mol. The highest BCUT2D eigenvalue weighted by Crippen LogP contribution is 2.18. The molecule has 0 bridgehead atoms. The maximum Gasteiger partial charge on any atom is 0.310 e. The van der Waals surface area contributed by atoms with E-state index in [4.69, 9.17) is 16.3 Å². The molecule has 1 atom stereocenters. The van der Waals surface area contributed by atoms with E-state index in [1.54, 1.807) is 18.3 Å². The lowest BCUT2D eigenvalue weighted by atomic mass is 10.1. The monoisotopic (exact) mass is 370 g/mol. The number of hydrogen-bond donors (Lipinski definition) is 2. The van der Waals surface area contributed by atoms with Crippen LogP contribution in [-0.2, 0) is 20.7 Å². The predicted octanol–water partition coefficient (Wildman–Crippen LogP) is 3.78. The van der Waals surface area contributed by atoms with E-state index < -0.39 is 5.97 Å². The lowest BCUT2D eigenvalue weighted by Crippen LogP contribution is -2.31. The zero-order valence-electron chi connectivity index (χ0n) is 14.3. The molecule has 5 nitrogen and oxygen atoms in total. The normalized spacial score (nSPS) is 11.9. The zero-order valence-corrected chi connectivity index (χ0v) is 15.0. The lowest BCUT2D eigenvalue weighted by Gasteiger charge is -2.14. The minimum atomic E-state index is -0.441. The highest BCUT2D eigenvalue weighted by Gasteiger charge is 2.14. The number of benzene rings is 2. The van der Waals surface area contributed by atoms with Gasteiger partial charge in [0.05, 0.1) is 12.5 Å². The number of carbonyl (C=O) groups is 2. The summed E-state index contributed by atoms with van der Waals surface area (Å²) in [6.45, 7) is 1.55. The van der Waals surface area contributed by atoms with Crippen LogP contribution in [0.2, 0.25) is 5.02 Å². The van der Waals surface area contributed by atoms with E-state index in [9.17, 15) is 9.59 Å². The molecule has 0 aliphatic heterocycles. The van der Waals surface area contributed by atoms with Crippen molar-refractivity contribution in [2.75, 3.05) is 6.61 Å². The molecule has 0 fully saturated rings. The molecule has 0 unspecified atom stereocenters. The molecule has 26 heavy (non-hydrogen) atoms. The second-order valence-electron chi connectivity index (χ2n) is 6.04. The molecule has 0 aliphatic carbocycles. The number of amides is 1. The van der Waals surface area contributed by atoms with Crippen molar-refractivity contribution in [2.24, 2.45) is 0 Å². The number of esters is 1. The Kier molecular flexibility index (Phi) is 5.58. The largest absolute Gasteiger partial charge is 0.455 e. The van der Waals surface area contributed by atoms with Crippen LogP contribution in [0.25, 0.3) is 10.9 Å². The van der Waals surface area contributed by atoms with Gasteiger partial charge in [-0.1, -0.05) is 41.9 Å². The maximum atomic E-state index is 12.0. The van der Waals surface area contributed by atoms with E-state index in [2.05, 4.69) is 10.3 Å². The smallest absolute Gasteiger partial charge is 0.310 e. The van der Waals surface area contributed by atoms with E-state index in [1.807, 2.05) is 43.3 Å². The Morgan fingerprint density at radius 3 is 2.65 bits per heavy atom. The first kappa shape index (κ1) is 18.0. The Hall–Kier alpha value is -2.79. The highest BCUT2D eigenvalue weighted by atomic mass is 35.5. The van der Waals surface area contributed by atoms with Gasteiger partial charge in [-0.15, -0.1) is 0 Å².